The summed E-state index contributed by atoms with van der Waals surface area (Å²) < 4.78 is 11.3. The molecular formula is C7H8ClN2OP. The quantitative estimate of drug-likeness (QED) is 0.635. The number of hydrogen-bond donors (Lipinski definition) is 2. The molecular weight excluding hydrogens is 195 g/mol. The second-order valence-corrected chi connectivity index (χ2v) is 5.75. The van der Waals surface area contributed by atoms with Crippen LogP contribution in [-0.4, -0.2) is 0 Å². The van der Waals surface area contributed by atoms with Crippen molar-refractivity contribution in [3.05, 3.63) is 23.8 Å². The van der Waals surface area contributed by atoms with E-state index >= 15 is 0 Å². The Balaban J connectivity index is 2.49. The molecule has 0 aromatic heterocycles. The highest BCUT2D eigenvalue weighted by molar-refractivity contribution is 7.91. The standard InChI is InChI=1S/C7H8ClN2OP/c1-5-2-3-6-7(4-5)10-12(8,11)9-6/h2-4H,1H3,(H2,9,10,11). The van der Waals surface area contributed by atoms with Crippen molar-refractivity contribution >= 4 is 29.4 Å². The molecule has 0 fully saturated rings. The van der Waals surface area contributed by atoms with Gasteiger partial charge in [0.05, 0.1) is 11.4 Å². The van der Waals surface area contributed by atoms with Crippen molar-refractivity contribution in [2.75, 3.05) is 10.2 Å². The molecule has 3 nitrogen and oxygen atoms in total. The third-order valence-electron chi connectivity index (χ3n) is 1.70. The molecule has 1 atom stereocenters. The summed E-state index contributed by atoms with van der Waals surface area (Å²) in [7, 11) is 0. The first-order valence-corrected chi connectivity index (χ1v) is 6.15. The Bertz CT molecular complexity index is 380. The Hall–Kier alpha value is -0.660. The second kappa shape index (κ2) is 2.41. The summed E-state index contributed by atoms with van der Waals surface area (Å²) >= 11 is 5.62. The van der Waals surface area contributed by atoms with Gasteiger partial charge in [-0.05, 0) is 35.9 Å². The third kappa shape index (κ3) is 1.30. The van der Waals surface area contributed by atoms with Crippen LogP contribution in [-0.2, 0) is 4.57 Å². The zero-order chi connectivity index (χ0) is 8.77. The van der Waals surface area contributed by atoms with Crippen molar-refractivity contribution in [3.63, 3.8) is 0 Å². The lowest BCUT2D eigenvalue weighted by Gasteiger charge is -2.00. The van der Waals surface area contributed by atoms with Crippen LogP contribution < -0.4 is 10.2 Å². The number of halogens is 1. The first-order valence-electron chi connectivity index (χ1n) is 3.54. The molecule has 12 heavy (non-hydrogen) atoms. The van der Waals surface area contributed by atoms with E-state index in [1.54, 1.807) is 0 Å². The van der Waals surface area contributed by atoms with Crippen LogP contribution in [0.5, 0.6) is 0 Å². The molecule has 0 bridgehead atoms. The van der Waals surface area contributed by atoms with Crippen LogP contribution in [0.2, 0.25) is 0 Å². The fourth-order valence-electron chi connectivity index (χ4n) is 1.19. The number of hydrogen-bond acceptors (Lipinski definition) is 1. The van der Waals surface area contributed by atoms with Crippen LogP contribution in [0.25, 0.3) is 0 Å². The molecule has 1 heterocycles. The van der Waals surface area contributed by atoms with Crippen molar-refractivity contribution in [1.29, 1.82) is 0 Å². The zero-order valence-corrected chi connectivity index (χ0v) is 8.12. The van der Waals surface area contributed by atoms with Crippen molar-refractivity contribution in [3.8, 4) is 0 Å². The molecule has 1 aliphatic rings. The van der Waals surface area contributed by atoms with E-state index in [0.29, 0.717) is 0 Å². The molecule has 5 heteroatoms. The average Bonchev–Trinajstić information content (AvgIpc) is 2.21. The van der Waals surface area contributed by atoms with Crippen LogP contribution in [0.4, 0.5) is 11.4 Å². The van der Waals surface area contributed by atoms with Gasteiger partial charge in [-0.25, -0.2) is 0 Å². The first kappa shape index (κ1) is 7.96. The molecule has 2 N–H and O–H groups in total. The summed E-state index contributed by atoms with van der Waals surface area (Å²) in [6.45, 7) is -0.901. The lowest BCUT2D eigenvalue weighted by atomic mass is 10.2. The number of benzene rings is 1. The average molecular weight is 203 g/mol. The summed E-state index contributed by atoms with van der Waals surface area (Å²) in [4.78, 5) is 0. The van der Waals surface area contributed by atoms with Crippen LogP contribution in [0, 0.1) is 6.92 Å². The smallest absolute Gasteiger partial charge is 0.306 e. The monoisotopic (exact) mass is 202 g/mol. The van der Waals surface area contributed by atoms with E-state index < -0.39 is 6.80 Å². The highest BCUT2D eigenvalue weighted by atomic mass is 35.7. The maximum absolute atomic E-state index is 11.3. The van der Waals surface area contributed by atoms with Crippen molar-refractivity contribution in [2.24, 2.45) is 0 Å². The fourth-order valence-corrected chi connectivity index (χ4v) is 2.79. The zero-order valence-electron chi connectivity index (χ0n) is 6.47. The van der Waals surface area contributed by atoms with E-state index in [-0.39, 0.29) is 0 Å². The van der Waals surface area contributed by atoms with Gasteiger partial charge in [0.15, 0.2) is 0 Å². The molecule has 1 aromatic rings. The SMILES string of the molecule is Cc1ccc2c(c1)NP(=O)(Cl)N2. The molecule has 0 radical (unpaired) electrons. The summed E-state index contributed by atoms with van der Waals surface area (Å²) in [6, 6.07) is 5.71. The van der Waals surface area contributed by atoms with Crippen LogP contribution in [0.1, 0.15) is 5.56 Å². The van der Waals surface area contributed by atoms with Gasteiger partial charge in [0, 0.05) is 0 Å². The molecule has 0 saturated carbocycles. The highest BCUT2D eigenvalue weighted by Crippen LogP contribution is 2.57. The van der Waals surface area contributed by atoms with E-state index in [0.717, 1.165) is 16.9 Å². The maximum atomic E-state index is 11.3. The molecule has 0 saturated heterocycles. The molecule has 1 aliphatic heterocycles. The Morgan fingerprint density at radius 3 is 2.75 bits per heavy atom. The van der Waals surface area contributed by atoms with Gasteiger partial charge in [0.1, 0.15) is 0 Å². The van der Waals surface area contributed by atoms with Gasteiger partial charge in [0.25, 0.3) is 0 Å². The van der Waals surface area contributed by atoms with Gasteiger partial charge in [-0.2, -0.15) is 0 Å². The molecule has 1 aromatic carbocycles. The van der Waals surface area contributed by atoms with Crippen molar-refractivity contribution in [1.82, 2.24) is 0 Å². The van der Waals surface area contributed by atoms with Crippen LogP contribution >= 0.6 is 18.0 Å². The van der Waals surface area contributed by atoms with Crippen LogP contribution in [0.3, 0.4) is 0 Å². The van der Waals surface area contributed by atoms with Gasteiger partial charge in [0.2, 0.25) is 0 Å². The van der Waals surface area contributed by atoms with Crippen molar-refractivity contribution in [2.45, 2.75) is 6.92 Å². The minimum absolute atomic E-state index is 0.805. The van der Waals surface area contributed by atoms with Crippen LogP contribution in [0.15, 0.2) is 18.2 Å². The van der Waals surface area contributed by atoms with Gasteiger partial charge >= 0.3 is 6.80 Å². The van der Waals surface area contributed by atoms with Gasteiger partial charge in [-0.15, -0.1) is 0 Å². The second-order valence-electron chi connectivity index (χ2n) is 2.81. The minimum Gasteiger partial charge on any atom is -0.306 e. The molecule has 2 rings (SSSR count). The topological polar surface area (TPSA) is 41.1 Å². The summed E-state index contributed by atoms with van der Waals surface area (Å²) in [6.07, 6.45) is 0. The Kier molecular flexibility index (Phi) is 1.60. The normalized spacial score (nSPS) is 25.8. The molecule has 1 unspecified atom stereocenters. The number of aryl methyl sites for hydroxylation is 1. The lowest BCUT2D eigenvalue weighted by molar-refractivity contribution is 0.591. The number of fused-ring (bicyclic) bond motifs is 1. The molecule has 0 aliphatic carbocycles. The maximum Gasteiger partial charge on any atom is 0.347 e. The summed E-state index contributed by atoms with van der Waals surface area (Å²) in [5.74, 6) is 0. The van der Waals surface area contributed by atoms with Gasteiger partial charge < -0.3 is 10.2 Å². The van der Waals surface area contributed by atoms with E-state index in [1.807, 2.05) is 25.1 Å². The van der Waals surface area contributed by atoms with Gasteiger partial charge in [-0.1, -0.05) is 6.07 Å². The lowest BCUT2D eigenvalue weighted by Crippen LogP contribution is -1.86. The third-order valence-corrected chi connectivity index (χ3v) is 3.27. The summed E-state index contributed by atoms with van der Waals surface area (Å²) in [5, 5.41) is 5.44. The van der Waals surface area contributed by atoms with Gasteiger partial charge in [-0.3, -0.25) is 4.57 Å². The Morgan fingerprint density at radius 2 is 2.00 bits per heavy atom. The molecule has 0 spiro atoms. The molecule has 0 amide bonds. The van der Waals surface area contributed by atoms with Crippen molar-refractivity contribution < 1.29 is 4.57 Å². The van der Waals surface area contributed by atoms with E-state index in [2.05, 4.69) is 10.2 Å². The number of rotatable bonds is 0. The predicted molar refractivity (Wildman–Crippen MR) is 51.9 cm³/mol. The first-order chi connectivity index (χ1) is 5.57. The minimum atomic E-state index is -2.87. The van der Waals surface area contributed by atoms with E-state index in [9.17, 15) is 4.57 Å². The van der Waals surface area contributed by atoms with E-state index in [1.165, 1.54) is 0 Å². The Morgan fingerprint density at radius 1 is 1.33 bits per heavy atom. The molecule has 64 valence electrons. The number of nitrogens with one attached hydrogen (secondary N) is 2. The largest absolute Gasteiger partial charge is 0.347 e. The fraction of sp³-hybridized carbons (Fsp3) is 0.143. The Labute approximate surface area is 75.4 Å². The predicted octanol–water partition coefficient (Wildman–Crippen LogP) is 3.18. The highest BCUT2D eigenvalue weighted by Gasteiger charge is 2.27. The van der Waals surface area contributed by atoms with E-state index in [4.69, 9.17) is 11.2 Å². The summed E-state index contributed by atoms with van der Waals surface area (Å²) in [5.41, 5.74) is 2.73. The number of anilines is 2.